The lowest BCUT2D eigenvalue weighted by Gasteiger charge is -2.46. The van der Waals surface area contributed by atoms with Crippen molar-refractivity contribution < 1.29 is 38.4 Å². The van der Waals surface area contributed by atoms with E-state index in [4.69, 9.17) is 24.7 Å². The largest absolute Gasteiger partial charge is 0.511 e. The summed E-state index contributed by atoms with van der Waals surface area (Å²) in [4.78, 5) is 39.4. The number of carbonyl (C=O) groups is 3. The maximum atomic E-state index is 13.0. The van der Waals surface area contributed by atoms with Crippen molar-refractivity contribution >= 4 is 29.8 Å². The van der Waals surface area contributed by atoms with Crippen LogP contribution in [-0.4, -0.2) is 77.6 Å². The molecular formula is C20H30N2O8S. The fourth-order valence-electron chi connectivity index (χ4n) is 4.33. The molecule has 0 aromatic heterocycles. The van der Waals surface area contributed by atoms with Gasteiger partial charge in [0.25, 0.3) is 0 Å². The molecule has 0 aromatic carbocycles. The molecule has 3 aliphatic heterocycles. The molecule has 3 rings (SSSR count). The number of β-lactam (4-membered cyclic amide) rings is 1. The van der Waals surface area contributed by atoms with Crippen LogP contribution < -0.4 is 5.73 Å². The summed E-state index contributed by atoms with van der Waals surface area (Å²) in [6.07, 6.45) is -2.37. The van der Waals surface area contributed by atoms with E-state index in [1.54, 1.807) is 13.8 Å². The third-order valence-electron chi connectivity index (χ3n) is 5.76. The first kappa shape index (κ1) is 23.8. The summed E-state index contributed by atoms with van der Waals surface area (Å²) in [6.45, 7) is 7.57. The van der Waals surface area contributed by atoms with E-state index in [2.05, 4.69) is 0 Å². The highest BCUT2D eigenvalue weighted by atomic mass is 32.2. The van der Waals surface area contributed by atoms with Gasteiger partial charge in [-0.3, -0.25) is 4.79 Å². The molecule has 0 aliphatic carbocycles. The van der Waals surface area contributed by atoms with Crippen LogP contribution in [0.25, 0.3) is 0 Å². The first-order valence-corrected chi connectivity index (χ1v) is 11.4. The van der Waals surface area contributed by atoms with Crippen molar-refractivity contribution in [1.82, 2.24) is 4.90 Å². The van der Waals surface area contributed by atoms with E-state index in [0.29, 0.717) is 18.1 Å². The Labute approximate surface area is 185 Å². The third kappa shape index (κ3) is 4.55. The minimum Gasteiger partial charge on any atom is -0.435 e. The van der Waals surface area contributed by atoms with Gasteiger partial charge in [0.05, 0.1) is 30.8 Å². The molecule has 31 heavy (non-hydrogen) atoms. The molecule has 7 atom stereocenters. The van der Waals surface area contributed by atoms with Gasteiger partial charge in [-0.2, -0.15) is 0 Å². The van der Waals surface area contributed by atoms with Crippen molar-refractivity contribution in [2.75, 3.05) is 19.8 Å². The molecule has 3 aliphatic rings. The maximum absolute atomic E-state index is 13.0. The minimum absolute atomic E-state index is 0.0391. The van der Waals surface area contributed by atoms with Crippen LogP contribution in [0.5, 0.6) is 0 Å². The Morgan fingerprint density at radius 2 is 2.06 bits per heavy atom. The summed E-state index contributed by atoms with van der Waals surface area (Å²) in [5, 5.41) is 10.1. The number of amides is 1. The van der Waals surface area contributed by atoms with Gasteiger partial charge in [-0.15, -0.1) is 11.8 Å². The minimum atomic E-state index is -1.20. The highest BCUT2D eigenvalue weighted by Gasteiger charge is 2.60. The fourth-order valence-corrected chi connectivity index (χ4v) is 5.86. The Morgan fingerprint density at radius 1 is 1.35 bits per heavy atom. The number of aliphatic hydroxyl groups excluding tert-OH is 1. The molecule has 10 nitrogen and oxygen atoms in total. The predicted molar refractivity (Wildman–Crippen MR) is 110 cm³/mol. The second kappa shape index (κ2) is 9.76. The van der Waals surface area contributed by atoms with E-state index >= 15 is 0 Å². The topological polar surface area (TPSA) is 138 Å². The molecule has 174 valence electrons. The number of nitrogens with zero attached hydrogens (tertiary/aromatic N) is 1. The van der Waals surface area contributed by atoms with Gasteiger partial charge >= 0.3 is 12.1 Å². The number of aliphatic hydroxyl groups is 1. The number of thioether (sulfide) groups is 1. The van der Waals surface area contributed by atoms with Gasteiger partial charge in [0.2, 0.25) is 12.2 Å². The van der Waals surface area contributed by atoms with Gasteiger partial charge in [-0.1, -0.05) is 6.92 Å². The molecule has 3 N–H and O–H groups in total. The first-order chi connectivity index (χ1) is 14.7. The summed E-state index contributed by atoms with van der Waals surface area (Å²) < 4.78 is 20.6. The van der Waals surface area contributed by atoms with Crippen molar-refractivity contribution in [3.8, 4) is 0 Å². The number of ether oxygens (including phenoxy) is 4. The summed E-state index contributed by atoms with van der Waals surface area (Å²) in [5.41, 5.74) is 5.94. The Morgan fingerprint density at radius 3 is 2.68 bits per heavy atom. The van der Waals surface area contributed by atoms with Gasteiger partial charge in [0.15, 0.2) is 0 Å². The van der Waals surface area contributed by atoms with Crippen molar-refractivity contribution in [2.45, 2.75) is 63.9 Å². The Kier molecular flexibility index (Phi) is 7.51. The summed E-state index contributed by atoms with van der Waals surface area (Å²) in [6, 6.07) is -0.336. The number of esters is 1. The highest BCUT2D eigenvalue weighted by molar-refractivity contribution is 8.03. The van der Waals surface area contributed by atoms with E-state index in [1.165, 1.54) is 23.6 Å². The normalized spacial score (nSPS) is 31.7. The van der Waals surface area contributed by atoms with Crippen LogP contribution in [0.1, 0.15) is 34.1 Å². The van der Waals surface area contributed by atoms with E-state index < -0.39 is 30.4 Å². The molecule has 0 radical (unpaired) electrons. The van der Waals surface area contributed by atoms with Crippen LogP contribution in [0.15, 0.2) is 10.6 Å². The molecule has 11 heteroatoms. The smallest absolute Gasteiger partial charge is 0.435 e. The van der Waals surface area contributed by atoms with E-state index in [-0.39, 0.29) is 41.5 Å². The molecule has 1 amide bonds. The molecule has 0 bridgehead atoms. The number of hydrogen-bond donors (Lipinski definition) is 2. The Hall–Kier alpha value is -1.82. The molecule has 0 aromatic rings. The van der Waals surface area contributed by atoms with Crippen molar-refractivity contribution in [3.63, 3.8) is 0 Å². The second-order valence-electron chi connectivity index (χ2n) is 7.83. The van der Waals surface area contributed by atoms with Gasteiger partial charge in [-0.05, 0) is 20.3 Å². The van der Waals surface area contributed by atoms with Crippen LogP contribution in [0.4, 0.5) is 4.79 Å². The number of nitrogens with two attached hydrogens (primary N) is 1. The van der Waals surface area contributed by atoms with Gasteiger partial charge in [0.1, 0.15) is 5.70 Å². The number of carbonyl (C=O) groups excluding carboxylic acids is 3. The summed E-state index contributed by atoms with van der Waals surface area (Å²) in [7, 11) is 0. The molecule has 2 fully saturated rings. The van der Waals surface area contributed by atoms with Crippen molar-refractivity contribution in [2.24, 2.45) is 17.6 Å². The average molecular weight is 459 g/mol. The Balaban J connectivity index is 1.83. The molecule has 2 saturated heterocycles. The molecule has 2 unspecified atom stereocenters. The predicted octanol–water partition coefficient (Wildman–Crippen LogP) is 0.967. The van der Waals surface area contributed by atoms with Gasteiger partial charge in [-0.25, -0.2) is 9.59 Å². The molecule has 0 spiro atoms. The van der Waals surface area contributed by atoms with Gasteiger partial charge in [0, 0.05) is 36.1 Å². The third-order valence-corrected chi connectivity index (χ3v) is 7.42. The van der Waals surface area contributed by atoms with E-state index in [1.807, 2.05) is 6.92 Å². The molecule has 3 heterocycles. The zero-order valence-electron chi connectivity index (χ0n) is 18.1. The lowest BCUT2D eigenvalue weighted by atomic mass is 9.79. The summed E-state index contributed by atoms with van der Waals surface area (Å²) >= 11 is 1.47. The van der Waals surface area contributed by atoms with Gasteiger partial charge < -0.3 is 34.7 Å². The average Bonchev–Trinajstić information content (AvgIpc) is 3.23. The quantitative estimate of drug-likeness (QED) is 0.307. The lowest BCUT2D eigenvalue weighted by Crippen LogP contribution is -2.63. The van der Waals surface area contributed by atoms with Crippen molar-refractivity contribution in [1.29, 1.82) is 0 Å². The van der Waals surface area contributed by atoms with Crippen LogP contribution >= 0.6 is 11.8 Å². The fraction of sp³-hybridized carbons (Fsp3) is 0.750. The van der Waals surface area contributed by atoms with Crippen molar-refractivity contribution in [3.05, 3.63) is 10.6 Å². The van der Waals surface area contributed by atoms with E-state index in [0.717, 1.165) is 6.42 Å². The van der Waals surface area contributed by atoms with Crippen LogP contribution in [-0.2, 0) is 28.5 Å². The summed E-state index contributed by atoms with van der Waals surface area (Å²) in [5.74, 6) is -1.86. The van der Waals surface area contributed by atoms with Crippen LogP contribution in [0.2, 0.25) is 0 Å². The lowest BCUT2D eigenvalue weighted by molar-refractivity contribution is -0.173. The highest BCUT2D eigenvalue weighted by Crippen LogP contribution is 2.52. The molecular weight excluding hydrogens is 428 g/mol. The SMILES string of the molecule is CCOC(=O)OC(C)OC(=O)C1=C(S[C@@H]2CCO[C@@H]2CN)[C@H](C)C2[C@@H]([C@@H](C)O)C(=O)N12. The van der Waals surface area contributed by atoms with E-state index in [9.17, 15) is 19.5 Å². The number of hydrogen-bond acceptors (Lipinski definition) is 10. The molecule has 0 saturated carbocycles. The number of fused-ring (bicyclic) bond motifs is 1. The Bertz CT molecular complexity index is 757. The van der Waals surface area contributed by atoms with Crippen LogP contribution in [0, 0.1) is 11.8 Å². The van der Waals surface area contributed by atoms with Crippen LogP contribution in [0.3, 0.4) is 0 Å². The monoisotopic (exact) mass is 458 g/mol. The zero-order valence-corrected chi connectivity index (χ0v) is 18.9. The first-order valence-electron chi connectivity index (χ1n) is 10.5. The number of rotatable bonds is 8. The zero-order chi connectivity index (χ0) is 22.9. The standard InChI is InChI=1S/C20H30N2O8S/c1-5-27-20(26)30-11(4)29-19(25)16-17(31-13-6-7-28-12(13)8-21)9(2)15-14(10(3)23)18(24)22(15)16/h9-15,23H,5-8,21H2,1-4H3/t9-,10-,11?,12-,13-,14-,15?/m1/s1. The maximum Gasteiger partial charge on any atom is 0.511 e. The second-order valence-corrected chi connectivity index (χ2v) is 9.11.